The number of halogens is 1. The van der Waals surface area contributed by atoms with E-state index < -0.39 is 5.60 Å². The highest BCUT2D eigenvalue weighted by Gasteiger charge is 2.18. The van der Waals surface area contributed by atoms with E-state index in [4.69, 9.17) is 5.73 Å². The first-order chi connectivity index (χ1) is 7.85. The lowest BCUT2D eigenvalue weighted by Gasteiger charge is -2.30. The van der Waals surface area contributed by atoms with Crippen LogP contribution in [0.2, 0.25) is 0 Å². The minimum Gasteiger partial charge on any atom is -0.389 e. The minimum atomic E-state index is -0.814. The van der Waals surface area contributed by atoms with Crippen LogP contribution in [-0.2, 0) is 6.54 Å². The molecule has 0 fully saturated rings. The van der Waals surface area contributed by atoms with Crippen LogP contribution >= 0.6 is 0 Å². The Morgan fingerprint density at radius 1 is 1.35 bits per heavy atom. The average molecular weight is 240 g/mol. The molecule has 0 aliphatic heterocycles. The van der Waals surface area contributed by atoms with Gasteiger partial charge < -0.3 is 15.7 Å². The quantitative estimate of drug-likeness (QED) is 0.826. The number of nitrogens with zero attached hydrogens (tertiary/aromatic N) is 1. The molecule has 17 heavy (non-hydrogen) atoms. The SMILES string of the molecule is CCN(CC(C)(C)O)c1cc(F)cc(CN)c1. The predicted octanol–water partition coefficient (Wildman–Crippen LogP) is 1.88. The molecule has 0 spiro atoms. The van der Waals surface area contributed by atoms with Crippen molar-refractivity contribution in [3.63, 3.8) is 0 Å². The number of hydrogen-bond acceptors (Lipinski definition) is 3. The Kier molecular flexibility index (Phi) is 4.48. The van der Waals surface area contributed by atoms with Crippen molar-refractivity contribution >= 4 is 5.69 Å². The highest BCUT2D eigenvalue weighted by atomic mass is 19.1. The van der Waals surface area contributed by atoms with Gasteiger partial charge >= 0.3 is 0 Å². The van der Waals surface area contributed by atoms with Crippen molar-refractivity contribution in [2.75, 3.05) is 18.0 Å². The zero-order valence-corrected chi connectivity index (χ0v) is 10.7. The van der Waals surface area contributed by atoms with Gasteiger partial charge in [-0.05, 0) is 44.5 Å². The van der Waals surface area contributed by atoms with E-state index in [1.807, 2.05) is 17.9 Å². The van der Waals surface area contributed by atoms with Gasteiger partial charge in [-0.3, -0.25) is 0 Å². The van der Waals surface area contributed by atoms with Gasteiger partial charge in [0.05, 0.1) is 5.60 Å². The molecule has 0 unspecified atom stereocenters. The maximum Gasteiger partial charge on any atom is 0.125 e. The summed E-state index contributed by atoms with van der Waals surface area (Å²) in [5.41, 5.74) is 6.23. The van der Waals surface area contributed by atoms with Crippen molar-refractivity contribution in [3.05, 3.63) is 29.6 Å². The lowest BCUT2D eigenvalue weighted by atomic mass is 10.1. The van der Waals surface area contributed by atoms with Gasteiger partial charge in [-0.25, -0.2) is 4.39 Å². The first-order valence-electron chi connectivity index (χ1n) is 5.82. The summed E-state index contributed by atoms with van der Waals surface area (Å²) in [6.07, 6.45) is 0. The fraction of sp³-hybridized carbons (Fsp3) is 0.538. The molecule has 0 heterocycles. The van der Waals surface area contributed by atoms with E-state index in [9.17, 15) is 9.50 Å². The smallest absolute Gasteiger partial charge is 0.125 e. The van der Waals surface area contributed by atoms with Crippen LogP contribution in [0.1, 0.15) is 26.3 Å². The van der Waals surface area contributed by atoms with Crippen LogP contribution in [0.4, 0.5) is 10.1 Å². The Labute approximate surface area is 102 Å². The van der Waals surface area contributed by atoms with E-state index in [1.54, 1.807) is 13.8 Å². The third-order valence-corrected chi connectivity index (χ3v) is 2.50. The Morgan fingerprint density at radius 3 is 2.47 bits per heavy atom. The first kappa shape index (κ1) is 13.9. The zero-order valence-electron chi connectivity index (χ0n) is 10.7. The van der Waals surface area contributed by atoms with Crippen LogP contribution in [0.3, 0.4) is 0 Å². The number of rotatable bonds is 5. The van der Waals surface area contributed by atoms with Crippen molar-refractivity contribution in [1.29, 1.82) is 0 Å². The summed E-state index contributed by atoms with van der Waals surface area (Å²) in [4.78, 5) is 1.93. The van der Waals surface area contributed by atoms with Crippen molar-refractivity contribution in [3.8, 4) is 0 Å². The molecule has 0 aliphatic rings. The van der Waals surface area contributed by atoms with Crippen LogP contribution in [0.5, 0.6) is 0 Å². The standard InChI is InChI=1S/C13H21FN2O/c1-4-16(9-13(2,3)17)12-6-10(8-15)5-11(14)7-12/h5-7,17H,4,8-9,15H2,1-3H3. The van der Waals surface area contributed by atoms with Crippen molar-refractivity contribution in [1.82, 2.24) is 0 Å². The maximum atomic E-state index is 13.4. The Balaban J connectivity index is 2.99. The second-order valence-electron chi connectivity index (χ2n) is 4.85. The van der Waals surface area contributed by atoms with Gasteiger partial charge in [0.1, 0.15) is 5.82 Å². The Hall–Kier alpha value is -1.13. The molecule has 1 rings (SSSR count). The average Bonchev–Trinajstić information content (AvgIpc) is 2.23. The molecule has 3 N–H and O–H groups in total. The molecule has 0 atom stereocenters. The largest absolute Gasteiger partial charge is 0.389 e. The fourth-order valence-corrected chi connectivity index (χ4v) is 1.79. The summed E-state index contributed by atoms with van der Waals surface area (Å²) in [6, 6.07) is 4.76. The summed E-state index contributed by atoms with van der Waals surface area (Å²) >= 11 is 0. The number of aliphatic hydroxyl groups is 1. The maximum absolute atomic E-state index is 13.4. The van der Waals surface area contributed by atoms with Gasteiger partial charge in [0, 0.05) is 25.3 Å². The van der Waals surface area contributed by atoms with Gasteiger partial charge in [-0.1, -0.05) is 0 Å². The van der Waals surface area contributed by atoms with Crippen LogP contribution in [-0.4, -0.2) is 23.8 Å². The van der Waals surface area contributed by atoms with Gasteiger partial charge in [-0.15, -0.1) is 0 Å². The van der Waals surface area contributed by atoms with Crippen LogP contribution < -0.4 is 10.6 Å². The lowest BCUT2D eigenvalue weighted by Crippen LogP contribution is -2.38. The number of anilines is 1. The van der Waals surface area contributed by atoms with Gasteiger partial charge in [0.25, 0.3) is 0 Å². The second kappa shape index (κ2) is 5.47. The first-order valence-corrected chi connectivity index (χ1v) is 5.82. The molecule has 0 radical (unpaired) electrons. The molecule has 0 amide bonds. The normalized spacial score (nSPS) is 11.6. The molecule has 0 aromatic heterocycles. The van der Waals surface area contributed by atoms with Crippen molar-refractivity contribution in [2.24, 2.45) is 5.73 Å². The zero-order chi connectivity index (χ0) is 13.1. The highest BCUT2D eigenvalue weighted by molar-refractivity contribution is 5.49. The molecular weight excluding hydrogens is 219 g/mol. The molecule has 4 heteroatoms. The number of hydrogen-bond donors (Lipinski definition) is 2. The number of nitrogens with two attached hydrogens (primary N) is 1. The van der Waals surface area contributed by atoms with E-state index in [0.29, 0.717) is 19.6 Å². The van der Waals surface area contributed by atoms with Crippen molar-refractivity contribution in [2.45, 2.75) is 32.9 Å². The predicted molar refractivity (Wildman–Crippen MR) is 68.5 cm³/mol. The van der Waals surface area contributed by atoms with Gasteiger partial charge in [-0.2, -0.15) is 0 Å². The number of likely N-dealkylation sites (N-methyl/N-ethyl adjacent to an activating group) is 1. The lowest BCUT2D eigenvalue weighted by molar-refractivity contribution is 0.0875. The minimum absolute atomic E-state index is 0.294. The van der Waals surface area contributed by atoms with Gasteiger partial charge in [0.15, 0.2) is 0 Å². The fourth-order valence-electron chi connectivity index (χ4n) is 1.79. The molecule has 0 saturated heterocycles. The summed E-state index contributed by atoms with van der Waals surface area (Å²) in [6.45, 7) is 6.91. The highest BCUT2D eigenvalue weighted by Crippen LogP contribution is 2.20. The van der Waals surface area contributed by atoms with E-state index in [0.717, 1.165) is 11.3 Å². The molecule has 0 aliphatic carbocycles. The van der Waals surface area contributed by atoms with E-state index in [-0.39, 0.29) is 5.82 Å². The molecule has 1 aromatic rings. The van der Waals surface area contributed by atoms with E-state index >= 15 is 0 Å². The summed E-state index contributed by atoms with van der Waals surface area (Å²) in [5.74, 6) is -0.294. The Bertz CT molecular complexity index is 374. The second-order valence-corrected chi connectivity index (χ2v) is 4.85. The van der Waals surface area contributed by atoms with E-state index in [2.05, 4.69) is 0 Å². The summed E-state index contributed by atoms with van der Waals surface area (Å²) in [7, 11) is 0. The third kappa shape index (κ3) is 4.32. The third-order valence-electron chi connectivity index (χ3n) is 2.50. The molecule has 0 saturated carbocycles. The van der Waals surface area contributed by atoms with Crippen LogP contribution in [0, 0.1) is 5.82 Å². The van der Waals surface area contributed by atoms with Gasteiger partial charge in [0.2, 0.25) is 0 Å². The molecule has 0 bridgehead atoms. The van der Waals surface area contributed by atoms with Crippen LogP contribution in [0.25, 0.3) is 0 Å². The summed E-state index contributed by atoms with van der Waals surface area (Å²) in [5, 5.41) is 9.82. The Morgan fingerprint density at radius 2 is 2.00 bits per heavy atom. The number of benzene rings is 1. The monoisotopic (exact) mass is 240 g/mol. The summed E-state index contributed by atoms with van der Waals surface area (Å²) < 4.78 is 13.4. The van der Waals surface area contributed by atoms with Crippen molar-refractivity contribution < 1.29 is 9.50 Å². The topological polar surface area (TPSA) is 49.5 Å². The molecule has 96 valence electrons. The van der Waals surface area contributed by atoms with Crippen LogP contribution in [0.15, 0.2) is 18.2 Å². The molecule has 1 aromatic carbocycles. The molecule has 3 nitrogen and oxygen atoms in total. The molecular formula is C13H21FN2O. The van der Waals surface area contributed by atoms with E-state index in [1.165, 1.54) is 12.1 Å².